The molecule has 0 saturated carbocycles. The zero-order valence-corrected chi connectivity index (χ0v) is 15.9. The van der Waals surface area contributed by atoms with E-state index in [0.717, 1.165) is 19.4 Å². The van der Waals surface area contributed by atoms with Crippen LogP contribution in [0.2, 0.25) is 19.6 Å². The van der Waals surface area contributed by atoms with E-state index in [0.29, 0.717) is 18.2 Å². The molecule has 24 heavy (non-hydrogen) atoms. The van der Waals surface area contributed by atoms with Gasteiger partial charge in [-0.1, -0.05) is 43.0 Å². The number of piperidine rings is 1. The Kier molecular flexibility index (Phi) is 3.50. The number of amides is 1. The van der Waals surface area contributed by atoms with Crippen molar-refractivity contribution in [2.45, 2.75) is 44.9 Å². The van der Waals surface area contributed by atoms with Crippen LogP contribution in [0.4, 0.5) is 0 Å². The summed E-state index contributed by atoms with van der Waals surface area (Å²) in [6.07, 6.45) is 2.63. The van der Waals surface area contributed by atoms with Crippen LogP contribution < -0.4 is 0 Å². The van der Waals surface area contributed by atoms with Crippen LogP contribution in [-0.4, -0.2) is 30.4 Å². The molecule has 2 aliphatic heterocycles. The highest BCUT2D eigenvalue weighted by Crippen LogP contribution is 2.44. The predicted octanol–water partition coefficient (Wildman–Crippen LogP) is 4.44. The monoisotopic (exact) mass is 338 g/mol. The van der Waals surface area contributed by atoms with E-state index in [2.05, 4.69) is 60.4 Å². The van der Waals surface area contributed by atoms with Crippen molar-refractivity contribution in [3.8, 4) is 0 Å². The fourth-order valence-electron chi connectivity index (χ4n) is 4.42. The molecule has 4 heteroatoms. The van der Waals surface area contributed by atoms with E-state index >= 15 is 0 Å². The molecule has 1 saturated heterocycles. The topological polar surface area (TPSA) is 36.1 Å². The van der Waals surface area contributed by atoms with Crippen LogP contribution in [0.5, 0.6) is 0 Å². The third kappa shape index (κ3) is 2.35. The van der Waals surface area contributed by atoms with Crippen molar-refractivity contribution in [3.05, 3.63) is 47.3 Å². The average Bonchev–Trinajstić information content (AvgIpc) is 2.92. The van der Waals surface area contributed by atoms with E-state index in [9.17, 15) is 4.79 Å². The van der Waals surface area contributed by atoms with Gasteiger partial charge in [-0.25, -0.2) is 0 Å². The number of benzene rings is 1. The minimum atomic E-state index is -1.43. The summed E-state index contributed by atoms with van der Waals surface area (Å²) in [5.74, 6) is 0.641. The molecule has 1 N–H and O–H groups in total. The Morgan fingerprint density at radius 1 is 1.29 bits per heavy atom. The lowest BCUT2D eigenvalue weighted by Crippen LogP contribution is -2.47. The Balaban J connectivity index is 1.74. The third-order valence-corrected chi connectivity index (χ3v) is 8.20. The van der Waals surface area contributed by atoms with Crippen molar-refractivity contribution < 1.29 is 4.79 Å². The second-order valence-electron chi connectivity index (χ2n) is 8.33. The summed E-state index contributed by atoms with van der Waals surface area (Å²) in [5, 5.41) is 2.67. The standard InChI is InChI=1S/C20H26N2OSi/c1-13(24(2,3)4)14-11-18-20-16(9-10-22(18)19(23)12-14)15-7-5-6-8-17(15)21-20/h5-8,14,18,21H,1,9-12H2,2-4H3/t14-,18+/m0/s1. The van der Waals surface area contributed by atoms with Gasteiger partial charge in [-0.15, -0.1) is 6.58 Å². The van der Waals surface area contributed by atoms with Crippen LogP contribution in [0.25, 0.3) is 10.9 Å². The molecule has 0 radical (unpaired) electrons. The van der Waals surface area contributed by atoms with Gasteiger partial charge in [0.1, 0.15) is 0 Å². The van der Waals surface area contributed by atoms with Crippen molar-refractivity contribution in [2.24, 2.45) is 5.92 Å². The molecule has 2 aliphatic rings. The van der Waals surface area contributed by atoms with Crippen molar-refractivity contribution >= 4 is 24.9 Å². The lowest BCUT2D eigenvalue weighted by atomic mass is 9.84. The van der Waals surface area contributed by atoms with Crippen LogP contribution in [-0.2, 0) is 11.2 Å². The zero-order chi connectivity index (χ0) is 17.1. The number of hydrogen-bond donors (Lipinski definition) is 1. The number of rotatable bonds is 2. The van der Waals surface area contributed by atoms with E-state index in [1.54, 1.807) is 0 Å². The lowest BCUT2D eigenvalue weighted by molar-refractivity contribution is -0.138. The smallest absolute Gasteiger partial charge is 0.223 e. The summed E-state index contributed by atoms with van der Waals surface area (Å²) in [4.78, 5) is 18.5. The Labute approximate surface area is 144 Å². The van der Waals surface area contributed by atoms with Gasteiger partial charge in [0.2, 0.25) is 5.91 Å². The molecule has 3 heterocycles. The first kappa shape index (κ1) is 15.7. The summed E-state index contributed by atoms with van der Waals surface area (Å²) >= 11 is 0. The maximum absolute atomic E-state index is 12.8. The van der Waals surface area contributed by atoms with Crippen LogP contribution in [0.3, 0.4) is 0 Å². The van der Waals surface area contributed by atoms with Crippen molar-refractivity contribution in [2.75, 3.05) is 6.54 Å². The van der Waals surface area contributed by atoms with Crippen LogP contribution in [0, 0.1) is 5.92 Å². The molecule has 2 atom stereocenters. The molecule has 1 fully saturated rings. The molecular weight excluding hydrogens is 312 g/mol. The highest BCUT2D eigenvalue weighted by molar-refractivity contribution is 6.83. The molecule has 0 bridgehead atoms. The van der Waals surface area contributed by atoms with Crippen LogP contribution >= 0.6 is 0 Å². The first-order valence-corrected chi connectivity index (χ1v) is 12.4. The van der Waals surface area contributed by atoms with E-state index in [-0.39, 0.29) is 6.04 Å². The second kappa shape index (κ2) is 5.35. The van der Waals surface area contributed by atoms with Gasteiger partial charge in [0, 0.05) is 29.6 Å². The molecule has 4 rings (SSSR count). The van der Waals surface area contributed by atoms with E-state index < -0.39 is 8.07 Å². The fourth-order valence-corrected chi connectivity index (χ4v) is 5.87. The molecule has 3 nitrogen and oxygen atoms in total. The van der Waals surface area contributed by atoms with Gasteiger partial charge in [-0.3, -0.25) is 4.79 Å². The van der Waals surface area contributed by atoms with Gasteiger partial charge >= 0.3 is 0 Å². The number of para-hydroxylation sites is 1. The second-order valence-corrected chi connectivity index (χ2v) is 13.5. The number of nitrogens with one attached hydrogen (secondary N) is 1. The van der Waals surface area contributed by atoms with Gasteiger partial charge in [-0.05, 0) is 30.4 Å². The van der Waals surface area contributed by atoms with Crippen molar-refractivity contribution in [1.82, 2.24) is 9.88 Å². The van der Waals surface area contributed by atoms with Crippen molar-refractivity contribution in [3.63, 3.8) is 0 Å². The minimum Gasteiger partial charge on any atom is -0.356 e. The Hall–Kier alpha value is -1.81. The number of carbonyl (C=O) groups is 1. The van der Waals surface area contributed by atoms with Gasteiger partial charge in [0.25, 0.3) is 0 Å². The highest BCUT2D eigenvalue weighted by atomic mass is 28.3. The summed E-state index contributed by atoms with van der Waals surface area (Å²) in [6.45, 7) is 12.3. The summed E-state index contributed by atoms with van der Waals surface area (Å²) < 4.78 is 0. The maximum Gasteiger partial charge on any atom is 0.223 e. The molecule has 1 aromatic carbocycles. The van der Waals surface area contributed by atoms with E-state index in [1.807, 2.05) is 0 Å². The van der Waals surface area contributed by atoms with Gasteiger partial charge in [-0.2, -0.15) is 0 Å². The molecule has 126 valence electrons. The largest absolute Gasteiger partial charge is 0.356 e. The molecule has 1 aromatic heterocycles. The first-order valence-electron chi connectivity index (χ1n) is 8.94. The zero-order valence-electron chi connectivity index (χ0n) is 14.9. The molecule has 2 aromatic rings. The van der Waals surface area contributed by atoms with Crippen LogP contribution in [0.15, 0.2) is 36.0 Å². The Bertz CT molecular complexity index is 830. The number of carbonyl (C=O) groups excluding carboxylic acids is 1. The SMILES string of the molecule is C=C([C@@H]1CC(=O)N2CCc3c([nH]c4ccccc34)[C@H]2C1)[Si](C)(C)C. The molecule has 0 spiro atoms. The number of fused-ring (bicyclic) bond motifs is 5. The normalized spacial score (nSPS) is 24.0. The first-order chi connectivity index (χ1) is 11.4. The lowest BCUT2D eigenvalue weighted by Gasteiger charge is -2.44. The average molecular weight is 339 g/mol. The summed E-state index contributed by atoms with van der Waals surface area (Å²) in [7, 11) is -1.43. The van der Waals surface area contributed by atoms with Gasteiger partial charge in [0.05, 0.1) is 14.1 Å². The highest BCUT2D eigenvalue weighted by Gasteiger charge is 2.41. The van der Waals surface area contributed by atoms with Crippen LogP contribution in [0.1, 0.15) is 30.1 Å². The van der Waals surface area contributed by atoms with Gasteiger partial charge in [0.15, 0.2) is 0 Å². The Morgan fingerprint density at radius 2 is 2.04 bits per heavy atom. The molecule has 0 unspecified atom stereocenters. The molecule has 0 aliphatic carbocycles. The van der Waals surface area contributed by atoms with Crippen molar-refractivity contribution in [1.29, 1.82) is 0 Å². The number of H-pyrrole nitrogens is 1. The predicted molar refractivity (Wildman–Crippen MR) is 102 cm³/mol. The number of aromatic amines is 1. The van der Waals surface area contributed by atoms with E-state index in [4.69, 9.17) is 0 Å². The van der Waals surface area contributed by atoms with Gasteiger partial charge < -0.3 is 9.88 Å². The number of nitrogens with zero attached hydrogens (tertiary/aromatic N) is 1. The van der Waals surface area contributed by atoms with E-state index in [1.165, 1.54) is 27.4 Å². The number of allylic oxidation sites excluding steroid dienone is 1. The third-order valence-electron chi connectivity index (χ3n) is 5.86. The Morgan fingerprint density at radius 3 is 2.79 bits per heavy atom. The summed E-state index contributed by atoms with van der Waals surface area (Å²) in [6, 6.07) is 8.71. The number of aromatic nitrogens is 1. The quantitative estimate of drug-likeness (QED) is 0.808. The number of hydrogen-bond acceptors (Lipinski definition) is 1. The summed E-state index contributed by atoms with van der Waals surface area (Å²) in [5.41, 5.74) is 3.88. The minimum absolute atomic E-state index is 0.195. The molecular formula is C20H26N2OSi. The maximum atomic E-state index is 12.8. The fraction of sp³-hybridized carbons (Fsp3) is 0.450. The molecule has 1 amide bonds.